The normalized spacial score (nSPS) is 14.0. The van der Waals surface area contributed by atoms with E-state index in [1.165, 1.54) is 27.7 Å². The van der Waals surface area contributed by atoms with Crippen molar-refractivity contribution in [2.75, 3.05) is 22.9 Å². The number of para-hydroxylation sites is 3. The molecule has 0 bridgehead atoms. The molecule has 6 rings (SSSR count). The molecule has 0 aliphatic carbocycles. The fraction of sp³-hybridized carbons (Fsp3) is 0.200. The third-order valence-corrected chi connectivity index (χ3v) is 7.03. The van der Waals surface area contributed by atoms with Gasteiger partial charge in [0.2, 0.25) is 0 Å². The van der Waals surface area contributed by atoms with Crippen molar-refractivity contribution >= 4 is 39.6 Å². The average Bonchev–Trinajstić information content (AvgIpc) is 3.36. The number of likely N-dealkylation sites (N-methyl/N-ethyl adjacent to an activating group) is 2. The van der Waals surface area contributed by atoms with E-state index >= 15 is 0 Å². The maximum atomic E-state index is 5.01. The molecule has 0 N–H and O–H groups in total. The van der Waals surface area contributed by atoms with E-state index in [4.69, 9.17) is 9.97 Å². The van der Waals surface area contributed by atoms with Crippen molar-refractivity contribution in [1.29, 1.82) is 0 Å². The molecule has 0 atom stereocenters. The minimum Gasteiger partial charge on any atom is -0.343 e. The number of hydrogen-bond acceptors (Lipinski definition) is 4. The van der Waals surface area contributed by atoms with Gasteiger partial charge in [-0.05, 0) is 43.7 Å². The molecule has 0 fully saturated rings. The second-order valence-corrected chi connectivity index (χ2v) is 8.91. The van der Waals surface area contributed by atoms with Gasteiger partial charge in [-0.2, -0.15) is 0 Å². The molecule has 0 unspecified atom stereocenters. The van der Waals surface area contributed by atoms with Crippen molar-refractivity contribution in [3.05, 3.63) is 90.5 Å². The van der Waals surface area contributed by atoms with E-state index < -0.39 is 0 Å². The molecule has 5 aromatic rings. The summed E-state index contributed by atoms with van der Waals surface area (Å²) in [7, 11) is 2.16. The molecule has 5 heteroatoms. The van der Waals surface area contributed by atoms with Gasteiger partial charge < -0.3 is 14.4 Å². The molecular weight excluding hydrogens is 430 g/mol. The molecule has 1 aliphatic heterocycles. The van der Waals surface area contributed by atoms with Crippen molar-refractivity contribution < 1.29 is 0 Å². The van der Waals surface area contributed by atoms with E-state index in [1.807, 2.05) is 24.3 Å². The van der Waals surface area contributed by atoms with Crippen molar-refractivity contribution in [3.63, 3.8) is 0 Å². The summed E-state index contributed by atoms with van der Waals surface area (Å²) in [5, 5.41) is 1.26. The summed E-state index contributed by atoms with van der Waals surface area (Å²) >= 11 is 0. The Hall–Kier alpha value is -4.12. The third-order valence-electron chi connectivity index (χ3n) is 7.03. The van der Waals surface area contributed by atoms with Crippen LogP contribution in [-0.4, -0.2) is 33.8 Å². The average molecular weight is 460 g/mol. The highest BCUT2D eigenvalue weighted by molar-refractivity contribution is 5.98. The lowest BCUT2D eigenvalue weighted by Crippen LogP contribution is -2.41. The molecule has 1 aliphatic rings. The summed E-state index contributed by atoms with van der Waals surface area (Å²) in [6.07, 6.45) is 4.67. The van der Waals surface area contributed by atoms with Crippen molar-refractivity contribution in [2.24, 2.45) is 7.05 Å². The van der Waals surface area contributed by atoms with Crippen LogP contribution in [0.25, 0.3) is 39.3 Å². The Morgan fingerprint density at radius 1 is 0.743 bits per heavy atom. The van der Waals surface area contributed by atoms with E-state index in [2.05, 4.69) is 102 Å². The number of hydrogen-bond donors (Lipinski definition) is 0. The maximum absolute atomic E-state index is 5.01. The van der Waals surface area contributed by atoms with E-state index in [0.717, 1.165) is 35.8 Å². The van der Waals surface area contributed by atoms with Crippen LogP contribution in [0.3, 0.4) is 0 Å². The summed E-state index contributed by atoms with van der Waals surface area (Å²) in [5.74, 6) is 1.92. The van der Waals surface area contributed by atoms with Crippen LogP contribution < -0.4 is 9.80 Å². The summed E-state index contributed by atoms with van der Waals surface area (Å²) in [5.41, 5.74) is 6.79. The van der Waals surface area contributed by atoms with Gasteiger partial charge in [-0.25, -0.2) is 9.97 Å². The molecule has 5 nitrogen and oxygen atoms in total. The molecule has 35 heavy (non-hydrogen) atoms. The first kappa shape index (κ1) is 21.4. The van der Waals surface area contributed by atoms with Crippen LogP contribution in [0.2, 0.25) is 0 Å². The van der Waals surface area contributed by atoms with Crippen LogP contribution >= 0.6 is 0 Å². The van der Waals surface area contributed by atoms with Gasteiger partial charge in [0.25, 0.3) is 0 Å². The van der Waals surface area contributed by atoms with Crippen LogP contribution in [0, 0.1) is 0 Å². The molecule has 2 aromatic heterocycles. The fourth-order valence-corrected chi connectivity index (χ4v) is 5.39. The Morgan fingerprint density at radius 2 is 1.31 bits per heavy atom. The van der Waals surface area contributed by atoms with Crippen molar-refractivity contribution in [2.45, 2.75) is 20.0 Å². The maximum Gasteiger partial charge on any atom is 0.174 e. The first-order chi connectivity index (χ1) is 17.2. The zero-order valence-electron chi connectivity index (χ0n) is 20.4. The number of fused-ring (bicyclic) bond motifs is 3. The zero-order valence-corrected chi connectivity index (χ0v) is 20.4. The van der Waals surface area contributed by atoms with Crippen molar-refractivity contribution in [3.8, 4) is 11.3 Å². The quantitative estimate of drug-likeness (QED) is 0.301. The largest absolute Gasteiger partial charge is 0.343 e. The van der Waals surface area contributed by atoms with Crippen LogP contribution in [0.4, 0.5) is 11.6 Å². The summed E-state index contributed by atoms with van der Waals surface area (Å²) in [6.45, 7) is 6.08. The van der Waals surface area contributed by atoms with E-state index in [1.54, 1.807) is 0 Å². The van der Waals surface area contributed by atoms with Gasteiger partial charge in [0.1, 0.15) is 6.17 Å². The highest BCUT2D eigenvalue weighted by Crippen LogP contribution is 2.39. The first-order valence-electron chi connectivity index (χ1n) is 12.3. The number of benzene rings is 3. The highest BCUT2D eigenvalue weighted by Gasteiger charge is 2.35. The van der Waals surface area contributed by atoms with Gasteiger partial charge in [-0.1, -0.05) is 66.7 Å². The SMILES string of the molecule is CCN1c2nc3ccccc3nc2N(CC)C1C=Cc1c(-c2ccccc2)n(C)c2ccccc12. The van der Waals surface area contributed by atoms with Crippen LogP contribution in [0.15, 0.2) is 84.9 Å². The molecule has 0 radical (unpaired) electrons. The van der Waals surface area contributed by atoms with Gasteiger partial charge >= 0.3 is 0 Å². The van der Waals surface area contributed by atoms with Crippen LogP contribution in [-0.2, 0) is 7.05 Å². The topological polar surface area (TPSA) is 37.2 Å². The second kappa shape index (κ2) is 8.58. The van der Waals surface area contributed by atoms with E-state index in [0.29, 0.717) is 0 Å². The predicted octanol–water partition coefficient (Wildman–Crippen LogP) is 6.49. The Kier molecular flexibility index (Phi) is 5.25. The number of nitrogens with zero attached hydrogens (tertiary/aromatic N) is 5. The molecule has 0 saturated heterocycles. The monoisotopic (exact) mass is 459 g/mol. The third kappa shape index (κ3) is 3.38. The summed E-state index contributed by atoms with van der Waals surface area (Å²) in [4.78, 5) is 14.7. The van der Waals surface area contributed by atoms with Gasteiger partial charge in [0.05, 0.1) is 16.7 Å². The van der Waals surface area contributed by atoms with Crippen LogP contribution in [0.1, 0.15) is 19.4 Å². The first-order valence-corrected chi connectivity index (χ1v) is 12.3. The second-order valence-electron chi connectivity index (χ2n) is 8.91. The smallest absolute Gasteiger partial charge is 0.174 e. The number of aryl methyl sites for hydroxylation is 1. The fourth-order valence-electron chi connectivity index (χ4n) is 5.39. The Morgan fingerprint density at radius 3 is 1.94 bits per heavy atom. The highest BCUT2D eigenvalue weighted by atomic mass is 15.5. The van der Waals surface area contributed by atoms with Gasteiger partial charge in [-0.15, -0.1) is 0 Å². The van der Waals surface area contributed by atoms with Crippen molar-refractivity contribution in [1.82, 2.24) is 14.5 Å². The standard InChI is InChI=1S/C30H29N5/c1-4-34-27(35(5-2)30-29(34)31-24-16-10-11-17-25(24)32-30)20-19-23-22-15-9-12-18-26(22)33(3)28(23)21-13-7-6-8-14-21/h6-20,27H,4-5H2,1-3H3. The molecule has 0 amide bonds. The molecule has 0 spiro atoms. The summed E-state index contributed by atoms with van der Waals surface area (Å²) in [6, 6.07) is 27.4. The predicted molar refractivity (Wildman–Crippen MR) is 147 cm³/mol. The van der Waals surface area contributed by atoms with Gasteiger partial charge in [0.15, 0.2) is 11.6 Å². The molecular formula is C30H29N5. The number of rotatable bonds is 5. The number of anilines is 2. The minimum atomic E-state index is 0.0550. The molecule has 0 saturated carbocycles. The van der Waals surface area contributed by atoms with Gasteiger partial charge in [-0.3, -0.25) is 0 Å². The lowest BCUT2D eigenvalue weighted by molar-refractivity contribution is 0.690. The molecule has 3 aromatic carbocycles. The Balaban J connectivity index is 1.49. The van der Waals surface area contributed by atoms with E-state index in [9.17, 15) is 0 Å². The molecule has 174 valence electrons. The van der Waals surface area contributed by atoms with E-state index in [-0.39, 0.29) is 6.17 Å². The van der Waals surface area contributed by atoms with Crippen LogP contribution in [0.5, 0.6) is 0 Å². The molecule has 3 heterocycles. The Bertz CT molecular complexity index is 1500. The lowest BCUT2D eigenvalue weighted by atomic mass is 10.0. The number of aromatic nitrogens is 3. The van der Waals surface area contributed by atoms with Gasteiger partial charge in [0, 0.05) is 36.6 Å². The Labute approximate surface area is 206 Å². The summed E-state index contributed by atoms with van der Waals surface area (Å²) < 4.78 is 2.30. The minimum absolute atomic E-state index is 0.0550. The lowest BCUT2D eigenvalue weighted by Gasteiger charge is -2.28. The zero-order chi connectivity index (χ0) is 23.9.